The minimum absolute atomic E-state index is 0.00880. The van der Waals surface area contributed by atoms with E-state index in [0.29, 0.717) is 43.6 Å². The Morgan fingerprint density at radius 3 is 2.63 bits per heavy atom. The maximum Gasteiger partial charge on any atom is 0.276 e. The molecule has 0 atom stereocenters. The molecule has 0 saturated carbocycles. The number of halogens is 1. The van der Waals surface area contributed by atoms with Crippen molar-refractivity contribution in [3.8, 4) is 11.5 Å². The maximum absolute atomic E-state index is 13.1. The van der Waals surface area contributed by atoms with Crippen LogP contribution in [-0.2, 0) is 11.4 Å². The molecule has 0 spiro atoms. The van der Waals surface area contributed by atoms with Crippen molar-refractivity contribution in [2.24, 2.45) is 0 Å². The summed E-state index contributed by atoms with van der Waals surface area (Å²) in [4.78, 5) is 25.8. The van der Waals surface area contributed by atoms with E-state index in [0.717, 1.165) is 5.56 Å². The van der Waals surface area contributed by atoms with Crippen LogP contribution in [0.3, 0.4) is 0 Å². The molecule has 35 heavy (non-hydrogen) atoms. The summed E-state index contributed by atoms with van der Waals surface area (Å²) in [6, 6.07) is 18.6. The largest absolute Gasteiger partial charge is 0.490 e. The molecule has 1 fully saturated rings. The van der Waals surface area contributed by atoms with Crippen LogP contribution in [0.1, 0.15) is 18.1 Å². The Morgan fingerprint density at radius 1 is 1.09 bits per heavy atom. The van der Waals surface area contributed by atoms with Crippen LogP contribution in [-0.4, -0.2) is 21.8 Å². The van der Waals surface area contributed by atoms with Crippen molar-refractivity contribution in [3.05, 3.63) is 97.9 Å². The number of hydrogen-bond donors (Lipinski definition) is 0. The van der Waals surface area contributed by atoms with Crippen molar-refractivity contribution >= 4 is 63.3 Å². The van der Waals surface area contributed by atoms with Crippen LogP contribution >= 0.6 is 35.6 Å². The topological polar surface area (TPSA) is 81.9 Å². The third-order valence-corrected chi connectivity index (χ3v) is 6.53. The van der Waals surface area contributed by atoms with Crippen molar-refractivity contribution in [1.29, 1.82) is 0 Å². The lowest BCUT2D eigenvalue weighted by atomic mass is 10.1. The molecular weight excluding hydrogens is 508 g/mol. The first-order chi connectivity index (χ1) is 16.9. The summed E-state index contributed by atoms with van der Waals surface area (Å²) in [6.45, 7) is 2.24. The summed E-state index contributed by atoms with van der Waals surface area (Å²) in [5, 5.41) is 11.8. The number of amides is 1. The zero-order valence-electron chi connectivity index (χ0n) is 18.5. The summed E-state index contributed by atoms with van der Waals surface area (Å²) >= 11 is 12.7. The molecule has 1 saturated heterocycles. The lowest BCUT2D eigenvalue weighted by Gasteiger charge is -2.14. The van der Waals surface area contributed by atoms with Gasteiger partial charge in [0.25, 0.3) is 11.6 Å². The van der Waals surface area contributed by atoms with Gasteiger partial charge < -0.3 is 9.47 Å². The molecule has 1 aliphatic rings. The minimum atomic E-state index is -0.440. The molecule has 3 aromatic carbocycles. The van der Waals surface area contributed by atoms with Gasteiger partial charge in [-0.05, 0) is 55.0 Å². The highest BCUT2D eigenvalue weighted by molar-refractivity contribution is 8.27. The van der Waals surface area contributed by atoms with E-state index in [1.54, 1.807) is 66.7 Å². The molecule has 3 aromatic rings. The van der Waals surface area contributed by atoms with Gasteiger partial charge in [-0.25, -0.2) is 0 Å². The fourth-order valence-corrected chi connectivity index (χ4v) is 4.91. The molecule has 0 N–H and O–H groups in total. The Hall–Kier alpha value is -3.40. The number of hydrogen-bond acceptors (Lipinski definition) is 7. The molecule has 1 aliphatic heterocycles. The standard InChI is InChI=1S/C25H19ClN2O5S2/c1-2-32-22-12-16(10-11-21(22)33-15-17-6-3-4-9-20(17)28(30)31)13-23-24(29)27(25(34)35-23)19-8-5-7-18(26)14-19/h3-14H,2,15H2,1H3/b23-13-. The second-order valence-electron chi connectivity index (χ2n) is 7.31. The van der Waals surface area contributed by atoms with Crippen molar-refractivity contribution in [3.63, 3.8) is 0 Å². The van der Waals surface area contributed by atoms with Gasteiger partial charge in [0.15, 0.2) is 15.8 Å². The normalized spacial score (nSPS) is 14.5. The minimum Gasteiger partial charge on any atom is -0.490 e. The second-order valence-corrected chi connectivity index (χ2v) is 9.42. The SMILES string of the molecule is CCOc1cc(/C=C2\SC(=S)N(c3cccc(Cl)c3)C2=O)ccc1OCc1ccccc1[N+](=O)[O-]. The van der Waals surface area contributed by atoms with Gasteiger partial charge in [0.1, 0.15) is 6.61 Å². The average Bonchev–Trinajstić information content (AvgIpc) is 3.11. The van der Waals surface area contributed by atoms with Crippen molar-refractivity contribution in [2.75, 3.05) is 11.5 Å². The molecule has 7 nitrogen and oxygen atoms in total. The Bertz CT molecular complexity index is 1340. The zero-order chi connectivity index (χ0) is 24.9. The Labute approximate surface area is 216 Å². The summed E-state index contributed by atoms with van der Waals surface area (Å²) in [7, 11) is 0. The van der Waals surface area contributed by atoms with Crippen LogP contribution in [0.25, 0.3) is 6.08 Å². The number of thiocarbonyl (C=S) groups is 1. The lowest BCUT2D eigenvalue weighted by molar-refractivity contribution is -0.385. The molecule has 0 aliphatic carbocycles. The molecular formula is C25H19ClN2O5S2. The Balaban J connectivity index is 1.56. The molecule has 0 radical (unpaired) electrons. The molecule has 0 bridgehead atoms. The van der Waals surface area contributed by atoms with Gasteiger partial charge >= 0.3 is 0 Å². The summed E-state index contributed by atoms with van der Waals surface area (Å²) < 4.78 is 12.0. The van der Waals surface area contributed by atoms with Gasteiger partial charge in [-0.3, -0.25) is 19.8 Å². The monoisotopic (exact) mass is 526 g/mol. The number of carbonyl (C=O) groups is 1. The number of carbonyl (C=O) groups excluding carboxylic acids is 1. The highest BCUT2D eigenvalue weighted by atomic mass is 35.5. The molecule has 0 unspecified atom stereocenters. The number of thioether (sulfide) groups is 1. The first kappa shape index (κ1) is 24.7. The van der Waals surface area contributed by atoms with Crippen molar-refractivity contribution in [2.45, 2.75) is 13.5 Å². The van der Waals surface area contributed by atoms with E-state index in [1.165, 1.54) is 22.7 Å². The fraction of sp³-hybridized carbons (Fsp3) is 0.120. The number of rotatable bonds is 8. The molecule has 1 heterocycles. The number of anilines is 1. The zero-order valence-corrected chi connectivity index (χ0v) is 20.9. The number of nitro groups is 1. The number of nitro benzene ring substituents is 1. The molecule has 4 rings (SSSR count). The van der Waals surface area contributed by atoms with E-state index in [2.05, 4.69) is 0 Å². The highest BCUT2D eigenvalue weighted by Crippen LogP contribution is 2.38. The van der Waals surface area contributed by atoms with E-state index in [-0.39, 0.29) is 18.2 Å². The van der Waals surface area contributed by atoms with Crippen LogP contribution in [0, 0.1) is 10.1 Å². The number of ether oxygens (including phenoxy) is 2. The van der Waals surface area contributed by atoms with Crippen molar-refractivity contribution in [1.82, 2.24) is 0 Å². The van der Waals surface area contributed by atoms with E-state index in [1.807, 2.05) is 6.92 Å². The van der Waals surface area contributed by atoms with Gasteiger partial charge in [-0.1, -0.05) is 59.8 Å². The maximum atomic E-state index is 13.1. The van der Waals surface area contributed by atoms with E-state index >= 15 is 0 Å². The number of benzene rings is 3. The smallest absolute Gasteiger partial charge is 0.276 e. The highest BCUT2D eigenvalue weighted by Gasteiger charge is 2.33. The van der Waals surface area contributed by atoms with Crippen LogP contribution < -0.4 is 14.4 Å². The summed E-state index contributed by atoms with van der Waals surface area (Å²) in [5.41, 5.74) is 1.77. The molecule has 178 valence electrons. The van der Waals surface area contributed by atoms with Gasteiger partial charge in [0, 0.05) is 11.1 Å². The van der Waals surface area contributed by atoms with E-state index in [4.69, 9.17) is 33.3 Å². The van der Waals surface area contributed by atoms with Gasteiger partial charge in [0.05, 0.1) is 27.7 Å². The van der Waals surface area contributed by atoms with E-state index < -0.39 is 4.92 Å². The third kappa shape index (κ3) is 5.64. The first-order valence-corrected chi connectivity index (χ1v) is 12.1. The van der Waals surface area contributed by atoms with Gasteiger partial charge in [-0.2, -0.15) is 0 Å². The predicted molar refractivity (Wildman–Crippen MR) is 142 cm³/mol. The van der Waals surface area contributed by atoms with Gasteiger partial charge in [-0.15, -0.1) is 0 Å². The lowest BCUT2D eigenvalue weighted by Crippen LogP contribution is -2.27. The summed E-state index contributed by atoms with van der Waals surface area (Å²) in [6.07, 6.45) is 1.73. The first-order valence-electron chi connectivity index (χ1n) is 10.5. The Morgan fingerprint density at radius 2 is 1.89 bits per heavy atom. The van der Waals surface area contributed by atoms with Crippen LogP contribution in [0.2, 0.25) is 5.02 Å². The molecule has 10 heteroatoms. The number of nitrogens with zero attached hydrogens (tertiary/aromatic N) is 2. The predicted octanol–water partition coefficient (Wildman–Crippen LogP) is 6.63. The Kier molecular flexibility index (Phi) is 7.70. The van der Waals surface area contributed by atoms with Crippen molar-refractivity contribution < 1.29 is 19.2 Å². The van der Waals surface area contributed by atoms with Crippen LogP contribution in [0.5, 0.6) is 11.5 Å². The van der Waals surface area contributed by atoms with Crippen LogP contribution in [0.15, 0.2) is 71.6 Å². The van der Waals surface area contributed by atoms with Gasteiger partial charge in [0.2, 0.25) is 0 Å². The second kappa shape index (κ2) is 10.9. The third-order valence-electron chi connectivity index (χ3n) is 5.00. The summed E-state index contributed by atoms with van der Waals surface area (Å²) in [5.74, 6) is 0.663. The number of para-hydroxylation sites is 1. The van der Waals surface area contributed by atoms with E-state index in [9.17, 15) is 14.9 Å². The fourth-order valence-electron chi connectivity index (χ4n) is 3.43. The molecule has 0 aromatic heterocycles. The average molecular weight is 527 g/mol. The molecule has 1 amide bonds. The van der Waals surface area contributed by atoms with Crippen LogP contribution in [0.4, 0.5) is 11.4 Å². The quantitative estimate of drug-likeness (QED) is 0.141.